The standard InChI is InChI=1S/C43H31N3/c1-2-8-30(9-3-1)31-15-21-35(22-16-31)41-28-42(36-23-17-32(18-24-36)38-12-7-27-44-29-38)46-43(45-41)37-25-19-34(20-26-37)40-14-6-11-33-10-4-5-13-39(33)40/h1-23,25-29,36H,24H2. The molecule has 0 spiro atoms. The van der Waals surface area contributed by atoms with E-state index >= 15 is 0 Å². The fourth-order valence-corrected chi connectivity index (χ4v) is 6.26. The second kappa shape index (κ2) is 12.2. The average Bonchev–Trinajstić information content (AvgIpc) is 3.15. The summed E-state index contributed by atoms with van der Waals surface area (Å²) in [6.07, 6.45) is 11.3. The molecule has 1 unspecified atom stereocenters. The minimum absolute atomic E-state index is 0.152. The van der Waals surface area contributed by atoms with E-state index in [-0.39, 0.29) is 5.92 Å². The molecule has 0 radical (unpaired) electrons. The Kier molecular flexibility index (Phi) is 7.33. The highest BCUT2D eigenvalue weighted by molar-refractivity contribution is 5.96. The van der Waals surface area contributed by atoms with E-state index in [4.69, 9.17) is 9.97 Å². The molecule has 8 rings (SSSR count). The summed E-state index contributed by atoms with van der Waals surface area (Å²) in [5, 5.41) is 2.49. The Balaban J connectivity index is 1.16. The van der Waals surface area contributed by atoms with Gasteiger partial charge in [0.15, 0.2) is 5.82 Å². The topological polar surface area (TPSA) is 38.7 Å². The van der Waals surface area contributed by atoms with E-state index < -0.39 is 0 Å². The molecular weight excluding hydrogens is 558 g/mol. The number of hydrogen-bond donors (Lipinski definition) is 0. The number of aromatic nitrogens is 3. The van der Waals surface area contributed by atoms with Crippen molar-refractivity contribution in [3.8, 4) is 44.9 Å². The summed E-state index contributed by atoms with van der Waals surface area (Å²) in [7, 11) is 0. The molecule has 0 amide bonds. The van der Waals surface area contributed by atoms with Crippen LogP contribution in [0.1, 0.15) is 23.6 Å². The number of pyridine rings is 1. The normalized spacial score (nSPS) is 14.3. The quantitative estimate of drug-likeness (QED) is 0.194. The Labute approximate surface area is 269 Å². The largest absolute Gasteiger partial charge is 0.264 e. The first-order valence-corrected chi connectivity index (χ1v) is 15.7. The van der Waals surface area contributed by atoms with Crippen LogP contribution in [0.3, 0.4) is 0 Å². The lowest BCUT2D eigenvalue weighted by atomic mass is 9.90. The molecule has 0 aliphatic heterocycles. The molecule has 2 heterocycles. The fourth-order valence-electron chi connectivity index (χ4n) is 6.26. The van der Waals surface area contributed by atoms with Crippen molar-refractivity contribution in [3.63, 3.8) is 0 Å². The Morgan fingerprint density at radius 3 is 2.02 bits per heavy atom. The fraction of sp³-hybridized carbons (Fsp3) is 0.0465. The first-order chi connectivity index (χ1) is 22.8. The molecule has 7 aromatic rings. The number of rotatable bonds is 6. The van der Waals surface area contributed by atoms with Gasteiger partial charge in [-0.2, -0.15) is 0 Å². The van der Waals surface area contributed by atoms with E-state index in [1.54, 1.807) is 0 Å². The van der Waals surface area contributed by atoms with Gasteiger partial charge in [0, 0.05) is 29.4 Å². The van der Waals surface area contributed by atoms with Gasteiger partial charge in [0.25, 0.3) is 0 Å². The van der Waals surface area contributed by atoms with Crippen molar-refractivity contribution >= 4 is 16.3 Å². The minimum atomic E-state index is 0.152. The molecule has 3 nitrogen and oxygen atoms in total. The molecule has 0 N–H and O–H groups in total. The van der Waals surface area contributed by atoms with Gasteiger partial charge in [-0.05, 0) is 62.7 Å². The van der Waals surface area contributed by atoms with Crippen molar-refractivity contribution in [3.05, 3.63) is 181 Å². The molecule has 0 saturated carbocycles. The molecule has 0 saturated heterocycles. The van der Waals surface area contributed by atoms with E-state index in [0.717, 1.165) is 40.3 Å². The van der Waals surface area contributed by atoms with Gasteiger partial charge in [-0.3, -0.25) is 4.98 Å². The molecule has 0 bridgehead atoms. The van der Waals surface area contributed by atoms with E-state index in [2.05, 4.69) is 151 Å². The smallest absolute Gasteiger partial charge is 0.160 e. The van der Waals surface area contributed by atoms with Gasteiger partial charge in [0.05, 0.1) is 11.4 Å². The molecule has 1 aliphatic rings. The molecule has 0 fully saturated rings. The highest BCUT2D eigenvalue weighted by Gasteiger charge is 2.18. The average molecular weight is 590 g/mol. The molecule has 218 valence electrons. The number of benzene rings is 5. The van der Waals surface area contributed by atoms with Crippen LogP contribution in [0.5, 0.6) is 0 Å². The van der Waals surface area contributed by atoms with Crippen LogP contribution in [0.25, 0.3) is 61.2 Å². The van der Waals surface area contributed by atoms with E-state index in [1.807, 2.05) is 24.5 Å². The van der Waals surface area contributed by atoms with E-state index in [1.165, 1.54) is 38.6 Å². The lowest BCUT2D eigenvalue weighted by Crippen LogP contribution is -2.05. The van der Waals surface area contributed by atoms with Crippen molar-refractivity contribution in [2.45, 2.75) is 12.3 Å². The van der Waals surface area contributed by atoms with Gasteiger partial charge in [-0.25, -0.2) is 9.97 Å². The van der Waals surface area contributed by atoms with Crippen molar-refractivity contribution in [2.24, 2.45) is 0 Å². The van der Waals surface area contributed by atoms with Gasteiger partial charge in [-0.1, -0.05) is 146 Å². The van der Waals surface area contributed by atoms with Crippen LogP contribution in [0.4, 0.5) is 0 Å². The molecule has 46 heavy (non-hydrogen) atoms. The maximum absolute atomic E-state index is 5.16. The predicted octanol–water partition coefficient (Wildman–Crippen LogP) is 10.8. The lowest BCUT2D eigenvalue weighted by molar-refractivity contribution is 0.813. The maximum atomic E-state index is 5.16. The summed E-state index contributed by atoms with van der Waals surface area (Å²) in [5.41, 5.74) is 11.1. The SMILES string of the molecule is C1=CC(c2cc(-c3ccc(-c4ccccc4)cc3)nc(-c3ccc(-c4cccc5ccccc45)cc3)n2)CC=C1c1cccnc1. The lowest BCUT2D eigenvalue weighted by Gasteiger charge is -2.18. The summed E-state index contributed by atoms with van der Waals surface area (Å²) in [4.78, 5) is 14.6. The molecule has 2 aromatic heterocycles. The molecule has 1 aliphatic carbocycles. The molecule has 3 heteroatoms. The van der Waals surface area contributed by atoms with Crippen LogP contribution in [0.2, 0.25) is 0 Å². The maximum Gasteiger partial charge on any atom is 0.160 e. The van der Waals surface area contributed by atoms with Gasteiger partial charge in [0.2, 0.25) is 0 Å². The van der Waals surface area contributed by atoms with Crippen molar-refractivity contribution < 1.29 is 0 Å². The van der Waals surface area contributed by atoms with Crippen LogP contribution in [0, 0.1) is 0 Å². The highest BCUT2D eigenvalue weighted by atomic mass is 14.9. The molecule has 1 atom stereocenters. The van der Waals surface area contributed by atoms with E-state index in [9.17, 15) is 0 Å². The second-order valence-corrected chi connectivity index (χ2v) is 11.7. The summed E-state index contributed by atoms with van der Waals surface area (Å²) in [5.74, 6) is 0.888. The highest BCUT2D eigenvalue weighted by Crippen LogP contribution is 2.34. The first kappa shape index (κ1) is 27.6. The van der Waals surface area contributed by atoms with Crippen molar-refractivity contribution in [1.82, 2.24) is 15.0 Å². The third-order valence-corrected chi connectivity index (χ3v) is 8.75. The summed E-state index contributed by atoms with van der Waals surface area (Å²) in [6.45, 7) is 0. The Morgan fingerprint density at radius 1 is 0.543 bits per heavy atom. The number of fused-ring (bicyclic) bond motifs is 1. The van der Waals surface area contributed by atoms with Crippen LogP contribution >= 0.6 is 0 Å². The zero-order valence-corrected chi connectivity index (χ0v) is 25.3. The minimum Gasteiger partial charge on any atom is -0.264 e. The Bertz CT molecular complexity index is 2190. The third-order valence-electron chi connectivity index (χ3n) is 8.75. The third kappa shape index (κ3) is 5.55. The van der Waals surface area contributed by atoms with Crippen molar-refractivity contribution in [2.75, 3.05) is 0 Å². The van der Waals surface area contributed by atoms with Gasteiger partial charge < -0.3 is 0 Å². The van der Waals surface area contributed by atoms with Gasteiger partial charge >= 0.3 is 0 Å². The molecule has 5 aromatic carbocycles. The van der Waals surface area contributed by atoms with Crippen molar-refractivity contribution in [1.29, 1.82) is 0 Å². The van der Waals surface area contributed by atoms with Gasteiger partial charge in [-0.15, -0.1) is 0 Å². The first-order valence-electron chi connectivity index (χ1n) is 15.7. The predicted molar refractivity (Wildman–Crippen MR) is 190 cm³/mol. The van der Waals surface area contributed by atoms with Gasteiger partial charge in [0.1, 0.15) is 0 Å². The second-order valence-electron chi connectivity index (χ2n) is 11.7. The number of hydrogen-bond acceptors (Lipinski definition) is 3. The van der Waals surface area contributed by atoms with Crippen LogP contribution in [-0.2, 0) is 0 Å². The van der Waals surface area contributed by atoms with E-state index in [0.29, 0.717) is 0 Å². The summed E-state index contributed by atoms with van der Waals surface area (Å²) in [6, 6.07) is 49.1. The van der Waals surface area contributed by atoms with Crippen LogP contribution in [-0.4, -0.2) is 15.0 Å². The Hall–Kier alpha value is -5.93. The Morgan fingerprint density at radius 2 is 1.24 bits per heavy atom. The summed E-state index contributed by atoms with van der Waals surface area (Å²) >= 11 is 0. The zero-order valence-electron chi connectivity index (χ0n) is 25.3. The number of nitrogens with zero attached hydrogens (tertiary/aromatic N) is 3. The summed E-state index contributed by atoms with van der Waals surface area (Å²) < 4.78 is 0. The number of allylic oxidation sites excluding steroid dienone is 4. The van der Waals surface area contributed by atoms with Crippen LogP contribution < -0.4 is 0 Å². The van der Waals surface area contributed by atoms with Crippen LogP contribution in [0.15, 0.2) is 170 Å². The monoisotopic (exact) mass is 589 g/mol. The zero-order chi connectivity index (χ0) is 30.7. The molecular formula is C43H31N3.